The molecule has 5 rings (SSSR count). The second-order valence-corrected chi connectivity index (χ2v) is 8.28. The third-order valence-corrected chi connectivity index (χ3v) is 7.61. The van der Waals surface area contributed by atoms with Crippen LogP contribution in [0, 0.1) is 40.9 Å². The van der Waals surface area contributed by atoms with Crippen LogP contribution in [0.25, 0.3) is 0 Å². The monoisotopic (exact) mass is 244 g/mol. The molecule has 0 saturated heterocycles. The number of fused-ring (bicyclic) bond motifs is 9. The first-order chi connectivity index (χ1) is 8.76. The zero-order valence-electron chi connectivity index (χ0n) is 11.6. The summed E-state index contributed by atoms with van der Waals surface area (Å²) >= 11 is 0. The highest BCUT2D eigenvalue weighted by Crippen LogP contribution is 2.68. The summed E-state index contributed by atoms with van der Waals surface area (Å²) in [4.78, 5) is 0. The molecule has 0 amide bonds. The predicted molar refractivity (Wildman–Crippen MR) is 72.8 cm³/mol. The fourth-order valence-electron chi connectivity index (χ4n) is 7.37. The van der Waals surface area contributed by atoms with Gasteiger partial charge in [-0.05, 0) is 68.1 Å². The maximum absolute atomic E-state index is 2.73. The lowest BCUT2D eigenvalue weighted by atomic mass is 9.56. The van der Waals surface area contributed by atoms with Crippen LogP contribution in [-0.2, 0) is 0 Å². The van der Waals surface area contributed by atoms with Gasteiger partial charge in [-0.1, -0.05) is 6.42 Å². The summed E-state index contributed by atoms with van der Waals surface area (Å²) in [7, 11) is 2.36. The van der Waals surface area contributed by atoms with Crippen LogP contribution >= 0.6 is 0 Å². The van der Waals surface area contributed by atoms with Gasteiger partial charge in [0.25, 0.3) is 0 Å². The zero-order valence-corrected chi connectivity index (χ0v) is 11.6. The van der Waals surface area contributed by atoms with Crippen LogP contribution in [0.5, 0.6) is 0 Å². The van der Waals surface area contributed by atoms with Gasteiger partial charge in [0.1, 0.15) is 19.8 Å². The Balaban J connectivity index is 1.63. The standard InChI is InChI=1S/C17H26N/c1-18-9-15-12-3-4-13(7-12)16(15)17(10-18)8-11-2-5-14(17)6-11/h10-16H,2-9H2,1H3/q+1. The molecule has 1 nitrogen and oxygen atoms in total. The minimum absolute atomic E-state index is 0.667. The Kier molecular flexibility index (Phi) is 1.87. The Hall–Kier alpha value is -0.330. The van der Waals surface area contributed by atoms with E-state index in [0.29, 0.717) is 5.41 Å². The van der Waals surface area contributed by atoms with E-state index in [1.165, 1.54) is 6.54 Å². The van der Waals surface area contributed by atoms with Crippen molar-refractivity contribution in [2.75, 3.05) is 13.6 Å². The second kappa shape index (κ2) is 3.22. The normalized spacial score (nSPS) is 60.4. The summed E-state index contributed by atoms with van der Waals surface area (Å²) in [5, 5.41) is 0. The van der Waals surface area contributed by atoms with Gasteiger partial charge in [0, 0.05) is 5.92 Å². The van der Waals surface area contributed by atoms with E-state index in [9.17, 15) is 0 Å². The van der Waals surface area contributed by atoms with Gasteiger partial charge in [-0.15, -0.1) is 0 Å². The Labute approximate surface area is 111 Å². The molecule has 7 atom stereocenters. The summed E-state index contributed by atoms with van der Waals surface area (Å²) in [6.07, 6.45) is 13.7. The van der Waals surface area contributed by atoms with Gasteiger partial charge in [0.2, 0.25) is 0 Å². The van der Waals surface area contributed by atoms with Crippen LogP contribution in [0.15, 0.2) is 0 Å². The molecule has 1 heterocycles. The van der Waals surface area contributed by atoms with Gasteiger partial charge >= 0.3 is 0 Å². The molecule has 1 spiro atoms. The van der Waals surface area contributed by atoms with E-state index in [4.69, 9.17) is 0 Å². The molecule has 4 fully saturated rings. The highest BCUT2D eigenvalue weighted by Gasteiger charge is 2.65. The lowest BCUT2D eigenvalue weighted by molar-refractivity contribution is -0.517. The molecule has 4 saturated carbocycles. The maximum atomic E-state index is 2.73. The Bertz CT molecular complexity index is 425. The van der Waals surface area contributed by atoms with E-state index >= 15 is 0 Å². The van der Waals surface area contributed by atoms with Gasteiger partial charge in [0.05, 0.1) is 5.41 Å². The molecule has 98 valence electrons. The smallest absolute Gasteiger partial charge is 0.146 e. The average molecular weight is 244 g/mol. The summed E-state index contributed by atoms with van der Waals surface area (Å²) < 4.78 is 2.60. The number of hydrogen-bond donors (Lipinski definition) is 0. The minimum atomic E-state index is 0.667. The Morgan fingerprint density at radius 1 is 1.06 bits per heavy atom. The van der Waals surface area contributed by atoms with Crippen molar-refractivity contribution in [2.24, 2.45) is 40.9 Å². The van der Waals surface area contributed by atoms with Gasteiger partial charge in [-0.2, -0.15) is 0 Å². The van der Waals surface area contributed by atoms with Gasteiger partial charge in [-0.25, -0.2) is 4.58 Å². The van der Waals surface area contributed by atoms with E-state index in [-0.39, 0.29) is 0 Å². The van der Waals surface area contributed by atoms with Crippen LogP contribution in [0.1, 0.15) is 44.9 Å². The molecule has 0 aromatic rings. The minimum Gasteiger partial charge on any atom is -0.241 e. The fraction of sp³-hybridized carbons (Fsp3) is 0.941. The number of rotatable bonds is 0. The van der Waals surface area contributed by atoms with Crippen molar-refractivity contribution in [1.82, 2.24) is 0 Å². The topological polar surface area (TPSA) is 3.01 Å². The van der Waals surface area contributed by atoms with Crippen LogP contribution in [0.2, 0.25) is 0 Å². The van der Waals surface area contributed by atoms with E-state index in [1.54, 1.807) is 44.9 Å². The maximum Gasteiger partial charge on any atom is 0.146 e. The first kappa shape index (κ1) is 10.5. The summed E-state index contributed by atoms with van der Waals surface area (Å²) in [5.74, 6) is 6.55. The molecular weight excluding hydrogens is 218 g/mol. The molecule has 5 aliphatic rings. The Morgan fingerprint density at radius 2 is 1.94 bits per heavy atom. The third-order valence-electron chi connectivity index (χ3n) is 7.61. The third kappa shape index (κ3) is 1.09. The van der Waals surface area contributed by atoms with Crippen LogP contribution in [0.3, 0.4) is 0 Å². The van der Waals surface area contributed by atoms with E-state index in [2.05, 4.69) is 17.8 Å². The largest absolute Gasteiger partial charge is 0.241 e. The fourth-order valence-corrected chi connectivity index (χ4v) is 7.37. The average Bonchev–Trinajstić information content (AvgIpc) is 3.06. The number of hydrogen-bond acceptors (Lipinski definition) is 0. The predicted octanol–water partition coefficient (Wildman–Crippen LogP) is 3.18. The second-order valence-electron chi connectivity index (χ2n) is 8.28. The molecule has 0 N–H and O–H groups in total. The lowest BCUT2D eigenvalue weighted by Crippen LogP contribution is -2.51. The number of nitrogens with zero attached hydrogens (tertiary/aromatic N) is 1. The molecule has 1 heteroatoms. The highest BCUT2D eigenvalue weighted by atomic mass is 15.0. The first-order valence-electron chi connectivity index (χ1n) is 8.32. The lowest BCUT2D eigenvalue weighted by Gasteiger charge is -2.47. The molecule has 0 aromatic carbocycles. The van der Waals surface area contributed by atoms with E-state index < -0.39 is 0 Å². The summed E-state index contributed by atoms with van der Waals surface area (Å²) in [5.41, 5.74) is 0.667. The highest BCUT2D eigenvalue weighted by molar-refractivity contribution is 5.64. The van der Waals surface area contributed by atoms with E-state index in [1.807, 2.05) is 0 Å². The first-order valence-corrected chi connectivity index (χ1v) is 8.32. The molecule has 0 radical (unpaired) electrons. The molecule has 18 heavy (non-hydrogen) atoms. The van der Waals surface area contributed by atoms with Crippen molar-refractivity contribution in [3.8, 4) is 0 Å². The van der Waals surface area contributed by atoms with E-state index in [0.717, 1.165) is 35.5 Å². The molecular formula is C17H26N+. The molecule has 7 unspecified atom stereocenters. The Morgan fingerprint density at radius 3 is 2.72 bits per heavy atom. The SMILES string of the molecule is C[N+]1=CC2(CC3CCC2C3)C2C3CCC(C3)C2C1. The quantitative estimate of drug-likeness (QED) is 0.576. The van der Waals surface area contributed by atoms with Crippen molar-refractivity contribution in [3.63, 3.8) is 0 Å². The van der Waals surface area contributed by atoms with Crippen molar-refractivity contribution in [2.45, 2.75) is 44.9 Å². The van der Waals surface area contributed by atoms with Crippen LogP contribution < -0.4 is 0 Å². The van der Waals surface area contributed by atoms with Crippen molar-refractivity contribution in [3.05, 3.63) is 0 Å². The summed E-state index contributed by atoms with van der Waals surface area (Å²) in [6.45, 7) is 1.38. The molecule has 4 aliphatic carbocycles. The van der Waals surface area contributed by atoms with Gasteiger partial charge < -0.3 is 0 Å². The summed E-state index contributed by atoms with van der Waals surface area (Å²) in [6, 6.07) is 0. The molecule has 1 aliphatic heterocycles. The molecule has 0 aromatic heterocycles. The molecule has 4 bridgehead atoms. The van der Waals surface area contributed by atoms with Gasteiger partial charge in [-0.3, -0.25) is 0 Å². The van der Waals surface area contributed by atoms with Crippen LogP contribution in [-0.4, -0.2) is 24.4 Å². The zero-order chi connectivity index (χ0) is 11.9. The van der Waals surface area contributed by atoms with Gasteiger partial charge in [0.15, 0.2) is 0 Å². The van der Waals surface area contributed by atoms with Crippen LogP contribution in [0.4, 0.5) is 0 Å². The van der Waals surface area contributed by atoms with Crippen molar-refractivity contribution in [1.29, 1.82) is 0 Å². The van der Waals surface area contributed by atoms with Crippen molar-refractivity contribution < 1.29 is 4.58 Å². The van der Waals surface area contributed by atoms with Crippen molar-refractivity contribution >= 4 is 6.21 Å².